The molecule has 2 N–H and O–H groups in total. The lowest BCUT2D eigenvalue weighted by atomic mass is 10.1. The molecule has 0 aliphatic rings. The van der Waals surface area contributed by atoms with Gasteiger partial charge in [0.05, 0.1) is 10.9 Å². The molecule has 4 rings (SSSR count). The second kappa shape index (κ2) is 11.0. The Morgan fingerprint density at radius 1 is 1.00 bits per heavy atom. The normalized spacial score (nSPS) is 12.5. The third-order valence-corrected chi connectivity index (χ3v) is 7.02. The summed E-state index contributed by atoms with van der Waals surface area (Å²) in [6.45, 7) is 1.62. The van der Waals surface area contributed by atoms with Gasteiger partial charge in [-0.25, -0.2) is 22.9 Å². The van der Waals surface area contributed by atoms with E-state index in [1.807, 2.05) is 35.1 Å². The Bertz CT molecular complexity index is 1510. The lowest BCUT2D eigenvalue weighted by Gasteiger charge is -2.21. The summed E-state index contributed by atoms with van der Waals surface area (Å²) < 4.78 is 70.8. The van der Waals surface area contributed by atoms with Gasteiger partial charge in [0.2, 0.25) is 0 Å². The minimum absolute atomic E-state index is 0.0302. The Morgan fingerprint density at radius 2 is 1.66 bits per heavy atom. The number of benzene rings is 3. The Hall–Kier alpha value is -4.32. The lowest BCUT2D eigenvalue weighted by Crippen LogP contribution is -2.42. The van der Waals surface area contributed by atoms with Crippen molar-refractivity contribution in [1.29, 1.82) is 0 Å². The molecule has 0 aliphatic carbocycles. The van der Waals surface area contributed by atoms with Gasteiger partial charge in [-0.1, -0.05) is 48.5 Å². The number of carbonyl (C=O) groups excluding carboxylic acids is 1. The molecule has 3 aromatic carbocycles. The SMILES string of the molecule is Cc1ccccc1S(=O)(=O)NC(=O)N[C@@H](Cc1ccccc1)c1nccn1-c1ccc(OC(F)(F)F)cc1. The van der Waals surface area contributed by atoms with Gasteiger partial charge in [-0.05, 0) is 54.8 Å². The molecule has 0 fully saturated rings. The second-order valence-electron chi connectivity index (χ2n) is 8.28. The summed E-state index contributed by atoms with van der Waals surface area (Å²) in [5.74, 6) is -0.0514. The zero-order valence-electron chi connectivity index (χ0n) is 20.0. The molecule has 0 radical (unpaired) electrons. The maximum atomic E-state index is 12.9. The summed E-state index contributed by atoms with van der Waals surface area (Å²) in [7, 11) is -4.15. The standard InChI is InChI=1S/C26H23F3N4O4S/c1-18-7-5-6-10-23(18)38(35,36)32-25(34)31-22(17-19-8-3-2-4-9-19)24-30-15-16-33(24)20-11-13-21(14-12-20)37-26(27,28)29/h2-16,22H,17H2,1H3,(H2,31,32,34)/t22-/m0/s1. The maximum Gasteiger partial charge on any atom is 0.573 e. The fourth-order valence-electron chi connectivity index (χ4n) is 3.88. The number of carbonyl (C=O) groups is 1. The fourth-order valence-corrected chi connectivity index (χ4v) is 5.04. The molecule has 8 nitrogen and oxygen atoms in total. The third-order valence-electron chi connectivity index (χ3n) is 5.53. The van der Waals surface area contributed by atoms with E-state index in [1.54, 1.807) is 35.9 Å². The Morgan fingerprint density at radius 3 is 2.32 bits per heavy atom. The highest BCUT2D eigenvalue weighted by molar-refractivity contribution is 7.90. The van der Waals surface area contributed by atoms with Crippen LogP contribution in [0, 0.1) is 6.92 Å². The number of aryl methyl sites for hydroxylation is 1. The zero-order chi connectivity index (χ0) is 27.3. The Labute approximate surface area is 217 Å². The van der Waals surface area contributed by atoms with Gasteiger partial charge in [-0.2, -0.15) is 0 Å². The number of alkyl halides is 3. The molecule has 0 saturated heterocycles. The number of nitrogens with one attached hydrogen (secondary N) is 2. The van der Waals surface area contributed by atoms with Crippen LogP contribution in [0.2, 0.25) is 0 Å². The van der Waals surface area contributed by atoms with E-state index in [4.69, 9.17) is 0 Å². The van der Waals surface area contributed by atoms with Crippen LogP contribution in [0.5, 0.6) is 5.75 Å². The first-order chi connectivity index (χ1) is 18.0. The molecular formula is C26H23F3N4O4S. The molecule has 1 heterocycles. The first kappa shape index (κ1) is 26.7. The molecule has 0 bridgehead atoms. The van der Waals surface area contributed by atoms with Gasteiger partial charge in [0.1, 0.15) is 11.6 Å². The van der Waals surface area contributed by atoms with Gasteiger partial charge in [0.15, 0.2) is 0 Å². The van der Waals surface area contributed by atoms with Crippen molar-refractivity contribution in [3.63, 3.8) is 0 Å². The van der Waals surface area contributed by atoms with Gasteiger partial charge in [0, 0.05) is 18.1 Å². The van der Waals surface area contributed by atoms with E-state index in [1.165, 1.54) is 24.4 Å². The number of hydrogen-bond donors (Lipinski definition) is 2. The van der Waals surface area contributed by atoms with E-state index in [0.717, 1.165) is 17.7 Å². The minimum Gasteiger partial charge on any atom is -0.406 e. The average Bonchev–Trinajstić information content (AvgIpc) is 3.33. The number of urea groups is 1. The summed E-state index contributed by atoms with van der Waals surface area (Å²) in [5, 5.41) is 2.68. The van der Waals surface area contributed by atoms with Crippen LogP contribution >= 0.6 is 0 Å². The summed E-state index contributed by atoms with van der Waals surface area (Å²) in [5.41, 5.74) is 1.77. The van der Waals surface area contributed by atoms with Crippen molar-refractivity contribution >= 4 is 16.1 Å². The molecule has 12 heteroatoms. The highest BCUT2D eigenvalue weighted by Gasteiger charge is 2.31. The van der Waals surface area contributed by atoms with Crippen LogP contribution in [0.3, 0.4) is 0 Å². The number of amides is 2. The van der Waals surface area contributed by atoms with Crippen molar-refractivity contribution in [1.82, 2.24) is 19.6 Å². The van der Waals surface area contributed by atoms with Crippen LogP contribution in [0.25, 0.3) is 5.69 Å². The summed E-state index contributed by atoms with van der Waals surface area (Å²) in [6, 6.07) is 18.8. The molecule has 38 heavy (non-hydrogen) atoms. The second-order valence-corrected chi connectivity index (χ2v) is 9.93. The van der Waals surface area contributed by atoms with E-state index in [0.29, 0.717) is 17.1 Å². The van der Waals surface area contributed by atoms with Crippen LogP contribution in [0.4, 0.5) is 18.0 Å². The van der Waals surface area contributed by atoms with Crippen molar-refractivity contribution in [2.45, 2.75) is 30.6 Å². The monoisotopic (exact) mass is 544 g/mol. The number of sulfonamides is 1. The van der Waals surface area contributed by atoms with Gasteiger partial charge in [-0.15, -0.1) is 13.2 Å². The first-order valence-corrected chi connectivity index (χ1v) is 12.8. The average molecular weight is 545 g/mol. The van der Waals surface area contributed by atoms with Crippen molar-refractivity contribution in [2.24, 2.45) is 0 Å². The summed E-state index contributed by atoms with van der Waals surface area (Å²) in [6.07, 6.45) is -1.52. The number of nitrogens with zero attached hydrogens (tertiary/aromatic N) is 2. The number of rotatable bonds is 8. The molecule has 198 valence electrons. The fraction of sp³-hybridized carbons (Fsp3) is 0.154. The highest BCUT2D eigenvalue weighted by atomic mass is 32.2. The zero-order valence-corrected chi connectivity index (χ0v) is 20.8. The van der Waals surface area contributed by atoms with E-state index in [-0.39, 0.29) is 17.1 Å². The van der Waals surface area contributed by atoms with Gasteiger partial charge < -0.3 is 14.6 Å². The predicted octanol–water partition coefficient (Wildman–Crippen LogP) is 5.05. The molecule has 0 spiro atoms. The first-order valence-electron chi connectivity index (χ1n) is 11.3. The molecule has 0 saturated carbocycles. The molecule has 1 atom stereocenters. The smallest absolute Gasteiger partial charge is 0.406 e. The molecule has 2 amide bonds. The summed E-state index contributed by atoms with van der Waals surface area (Å²) in [4.78, 5) is 17.2. The largest absolute Gasteiger partial charge is 0.573 e. The number of imidazole rings is 1. The van der Waals surface area contributed by atoms with Crippen molar-refractivity contribution in [3.8, 4) is 11.4 Å². The maximum absolute atomic E-state index is 12.9. The number of halogens is 3. The molecular weight excluding hydrogens is 521 g/mol. The topological polar surface area (TPSA) is 102 Å². The van der Waals surface area contributed by atoms with Crippen molar-refractivity contribution in [3.05, 3.63) is 108 Å². The van der Waals surface area contributed by atoms with E-state index in [2.05, 4.69) is 15.0 Å². The molecule has 0 aliphatic heterocycles. The Balaban J connectivity index is 1.61. The van der Waals surface area contributed by atoms with Crippen LogP contribution in [-0.4, -0.2) is 30.4 Å². The number of hydrogen-bond acceptors (Lipinski definition) is 5. The van der Waals surface area contributed by atoms with Gasteiger partial charge >= 0.3 is 12.4 Å². The van der Waals surface area contributed by atoms with Crippen LogP contribution < -0.4 is 14.8 Å². The van der Waals surface area contributed by atoms with Gasteiger partial charge in [0.25, 0.3) is 10.0 Å². The highest BCUT2D eigenvalue weighted by Crippen LogP contribution is 2.26. The van der Waals surface area contributed by atoms with Crippen LogP contribution in [0.1, 0.15) is 23.0 Å². The van der Waals surface area contributed by atoms with E-state index >= 15 is 0 Å². The van der Waals surface area contributed by atoms with Crippen LogP contribution in [0.15, 0.2) is 96.2 Å². The molecule has 4 aromatic rings. The predicted molar refractivity (Wildman–Crippen MR) is 133 cm³/mol. The summed E-state index contributed by atoms with van der Waals surface area (Å²) >= 11 is 0. The van der Waals surface area contributed by atoms with Gasteiger partial charge in [-0.3, -0.25) is 0 Å². The molecule has 1 aromatic heterocycles. The van der Waals surface area contributed by atoms with E-state index in [9.17, 15) is 26.4 Å². The van der Waals surface area contributed by atoms with Crippen molar-refractivity contribution in [2.75, 3.05) is 0 Å². The molecule has 0 unspecified atom stereocenters. The van der Waals surface area contributed by atoms with E-state index < -0.39 is 28.5 Å². The minimum atomic E-state index is -4.82. The number of aromatic nitrogens is 2. The van der Waals surface area contributed by atoms with Crippen LogP contribution in [-0.2, 0) is 16.4 Å². The number of ether oxygens (including phenoxy) is 1. The van der Waals surface area contributed by atoms with Crippen molar-refractivity contribution < 1.29 is 31.1 Å². The quantitative estimate of drug-likeness (QED) is 0.323. The third kappa shape index (κ3) is 6.71. The lowest BCUT2D eigenvalue weighted by molar-refractivity contribution is -0.274. The Kier molecular flexibility index (Phi) is 7.72.